The van der Waals surface area contributed by atoms with Crippen molar-refractivity contribution in [1.82, 2.24) is 14.9 Å². The molecule has 106 valence electrons. The summed E-state index contributed by atoms with van der Waals surface area (Å²) in [4.78, 5) is 21.6. The molecule has 3 N–H and O–H groups in total. The summed E-state index contributed by atoms with van der Waals surface area (Å²) in [5, 5.41) is 0. The van der Waals surface area contributed by atoms with Gasteiger partial charge < -0.3 is 15.6 Å². The van der Waals surface area contributed by atoms with Gasteiger partial charge in [-0.3, -0.25) is 4.79 Å². The molecule has 5 nitrogen and oxygen atoms in total. The number of anilines is 1. The predicted molar refractivity (Wildman–Crippen MR) is 82.7 cm³/mol. The van der Waals surface area contributed by atoms with Gasteiger partial charge in [0.1, 0.15) is 5.82 Å². The minimum atomic E-state index is -0.0808. The molecule has 1 heterocycles. The van der Waals surface area contributed by atoms with E-state index in [0.717, 1.165) is 16.9 Å². The minimum absolute atomic E-state index is 0.0808. The number of imidazole rings is 1. The molecule has 5 heteroatoms. The first kappa shape index (κ1) is 13.2. The molecule has 1 amide bonds. The Balaban J connectivity index is 1.79. The van der Waals surface area contributed by atoms with Crippen molar-refractivity contribution >= 4 is 22.6 Å². The van der Waals surface area contributed by atoms with E-state index in [1.165, 1.54) is 0 Å². The quantitative estimate of drug-likeness (QED) is 0.723. The number of hydrogen-bond acceptors (Lipinski definition) is 3. The van der Waals surface area contributed by atoms with Crippen LogP contribution in [0.15, 0.2) is 48.5 Å². The van der Waals surface area contributed by atoms with Gasteiger partial charge in [0, 0.05) is 18.3 Å². The van der Waals surface area contributed by atoms with Gasteiger partial charge in [-0.2, -0.15) is 0 Å². The van der Waals surface area contributed by atoms with Crippen LogP contribution in [0.1, 0.15) is 16.2 Å². The number of H-pyrrole nitrogens is 1. The van der Waals surface area contributed by atoms with Crippen molar-refractivity contribution in [3.05, 3.63) is 59.9 Å². The highest BCUT2D eigenvalue weighted by Gasteiger charge is 2.14. The number of benzene rings is 2. The Labute approximate surface area is 122 Å². The lowest BCUT2D eigenvalue weighted by molar-refractivity contribution is 0.0782. The Kier molecular flexibility index (Phi) is 3.31. The molecule has 0 aliphatic rings. The number of aromatic nitrogens is 2. The Morgan fingerprint density at radius 3 is 2.81 bits per heavy atom. The fourth-order valence-electron chi connectivity index (χ4n) is 2.27. The third-order valence-corrected chi connectivity index (χ3v) is 3.31. The van der Waals surface area contributed by atoms with E-state index in [1.807, 2.05) is 24.3 Å². The SMILES string of the molecule is CN(Cc1nc2ccccc2[nH]1)C(=O)c1cccc(N)c1. The molecule has 0 spiro atoms. The Bertz CT molecular complexity index is 761. The smallest absolute Gasteiger partial charge is 0.254 e. The van der Waals surface area contributed by atoms with Gasteiger partial charge in [-0.25, -0.2) is 4.98 Å². The van der Waals surface area contributed by atoms with Crippen LogP contribution in [-0.2, 0) is 6.54 Å². The summed E-state index contributed by atoms with van der Waals surface area (Å²) < 4.78 is 0. The van der Waals surface area contributed by atoms with Crippen LogP contribution in [0.3, 0.4) is 0 Å². The van der Waals surface area contributed by atoms with Gasteiger partial charge in [0.2, 0.25) is 0 Å². The zero-order chi connectivity index (χ0) is 14.8. The van der Waals surface area contributed by atoms with Gasteiger partial charge in [0.05, 0.1) is 17.6 Å². The summed E-state index contributed by atoms with van der Waals surface area (Å²) in [6, 6.07) is 14.8. The van der Waals surface area contributed by atoms with E-state index in [-0.39, 0.29) is 5.91 Å². The average Bonchev–Trinajstić information content (AvgIpc) is 2.88. The van der Waals surface area contributed by atoms with Crippen LogP contribution in [0.5, 0.6) is 0 Å². The molecule has 21 heavy (non-hydrogen) atoms. The topological polar surface area (TPSA) is 75.0 Å². The lowest BCUT2D eigenvalue weighted by atomic mass is 10.2. The summed E-state index contributed by atoms with van der Waals surface area (Å²) in [6.45, 7) is 0.419. The van der Waals surface area contributed by atoms with Crippen molar-refractivity contribution < 1.29 is 4.79 Å². The third kappa shape index (κ3) is 2.72. The summed E-state index contributed by atoms with van der Waals surface area (Å²) in [5.41, 5.74) is 8.74. The molecule has 0 saturated heterocycles. The van der Waals surface area contributed by atoms with E-state index in [1.54, 1.807) is 36.2 Å². The van der Waals surface area contributed by atoms with E-state index >= 15 is 0 Å². The number of fused-ring (bicyclic) bond motifs is 1. The molecule has 1 aromatic heterocycles. The summed E-state index contributed by atoms with van der Waals surface area (Å²) in [7, 11) is 1.75. The number of carbonyl (C=O) groups excluding carboxylic acids is 1. The number of para-hydroxylation sites is 2. The van der Waals surface area contributed by atoms with Crippen LogP contribution < -0.4 is 5.73 Å². The number of hydrogen-bond donors (Lipinski definition) is 2. The normalized spacial score (nSPS) is 10.7. The largest absolute Gasteiger partial charge is 0.399 e. The van der Waals surface area contributed by atoms with E-state index < -0.39 is 0 Å². The Morgan fingerprint density at radius 1 is 1.24 bits per heavy atom. The van der Waals surface area contributed by atoms with Crippen molar-refractivity contribution in [3.63, 3.8) is 0 Å². The lowest BCUT2D eigenvalue weighted by Gasteiger charge is -2.15. The van der Waals surface area contributed by atoms with E-state index in [9.17, 15) is 4.79 Å². The van der Waals surface area contributed by atoms with Gasteiger partial charge in [-0.15, -0.1) is 0 Å². The fourth-order valence-corrected chi connectivity index (χ4v) is 2.27. The third-order valence-electron chi connectivity index (χ3n) is 3.31. The highest BCUT2D eigenvalue weighted by Crippen LogP contribution is 2.13. The number of rotatable bonds is 3. The van der Waals surface area contributed by atoms with Crippen LogP contribution in [-0.4, -0.2) is 27.8 Å². The van der Waals surface area contributed by atoms with Gasteiger partial charge in [0.15, 0.2) is 0 Å². The molecule has 3 rings (SSSR count). The molecule has 2 aromatic carbocycles. The number of nitrogen functional groups attached to an aromatic ring is 1. The van der Waals surface area contributed by atoms with Crippen LogP contribution in [0, 0.1) is 0 Å². The molecule has 0 radical (unpaired) electrons. The van der Waals surface area contributed by atoms with E-state index in [2.05, 4.69) is 9.97 Å². The zero-order valence-electron chi connectivity index (χ0n) is 11.7. The Hall–Kier alpha value is -2.82. The maximum absolute atomic E-state index is 12.3. The number of nitrogens with zero attached hydrogens (tertiary/aromatic N) is 2. The molecule has 0 aliphatic carbocycles. The number of carbonyl (C=O) groups is 1. The van der Waals surface area contributed by atoms with Crippen LogP contribution in [0.4, 0.5) is 5.69 Å². The van der Waals surface area contributed by atoms with Gasteiger partial charge in [0.25, 0.3) is 5.91 Å². The van der Waals surface area contributed by atoms with Crippen molar-refractivity contribution in [2.24, 2.45) is 0 Å². The highest BCUT2D eigenvalue weighted by atomic mass is 16.2. The second kappa shape index (κ2) is 5.28. The highest BCUT2D eigenvalue weighted by molar-refractivity contribution is 5.94. The van der Waals surface area contributed by atoms with Crippen molar-refractivity contribution in [1.29, 1.82) is 0 Å². The van der Waals surface area contributed by atoms with Gasteiger partial charge >= 0.3 is 0 Å². The van der Waals surface area contributed by atoms with Crippen LogP contribution in [0.25, 0.3) is 11.0 Å². The second-order valence-electron chi connectivity index (χ2n) is 4.99. The second-order valence-corrected chi connectivity index (χ2v) is 4.99. The minimum Gasteiger partial charge on any atom is -0.399 e. The number of aromatic amines is 1. The standard InChI is InChI=1S/C16H16N4O/c1-20(16(21)11-5-4-6-12(17)9-11)10-15-18-13-7-2-3-8-14(13)19-15/h2-9H,10,17H2,1H3,(H,18,19). The maximum Gasteiger partial charge on any atom is 0.254 e. The molecule has 0 fully saturated rings. The molecule has 0 unspecified atom stereocenters. The van der Waals surface area contributed by atoms with Crippen LogP contribution in [0.2, 0.25) is 0 Å². The molecule has 0 aliphatic heterocycles. The molecular formula is C16H16N4O. The first-order valence-corrected chi connectivity index (χ1v) is 6.68. The summed E-state index contributed by atoms with van der Waals surface area (Å²) in [6.07, 6.45) is 0. The number of nitrogens with one attached hydrogen (secondary N) is 1. The molecule has 0 bridgehead atoms. The van der Waals surface area contributed by atoms with Gasteiger partial charge in [-0.1, -0.05) is 18.2 Å². The van der Waals surface area contributed by atoms with Gasteiger partial charge in [-0.05, 0) is 30.3 Å². The number of amides is 1. The summed E-state index contributed by atoms with van der Waals surface area (Å²) >= 11 is 0. The molecule has 3 aromatic rings. The monoisotopic (exact) mass is 280 g/mol. The maximum atomic E-state index is 12.3. The lowest BCUT2D eigenvalue weighted by Crippen LogP contribution is -2.26. The first-order chi connectivity index (χ1) is 10.1. The van der Waals surface area contributed by atoms with Crippen molar-refractivity contribution in [3.8, 4) is 0 Å². The fraction of sp³-hybridized carbons (Fsp3) is 0.125. The predicted octanol–water partition coefficient (Wildman–Crippen LogP) is 2.42. The number of nitrogens with two attached hydrogens (primary N) is 1. The first-order valence-electron chi connectivity index (χ1n) is 6.68. The molecule has 0 saturated carbocycles. The average molecular weight is 280 g/mol. The van der Waals surface area contributed by atoms with Crippen LogP contribution >= 0.6 is 0 Å². The Morgan fingerprint density at radius 2 is 2.05 bits per heavy atom. The van der Waals surface area contributed by atoms with E-state index in [0.29, 0.717) is 17.8 Å². The molecular weight excluding hydrogens is 264 g/mol. The van der Waals surface area contributed by atoms with Crippen molar-refractivity contribution in [2.45, 2.75) is 6.54 Å². The van der Waals surface area contributed by atoms with Crippen molar-refractivity contribution in [2.75, 3.05) is 12.8 Å². The summed E-state index contributed by atoms with van der Waals surface area (Å²) in [5.74, 6) is 0.679. The zero-order valence-corrected chi connectivity index (χ0v) is 11.7. The molecule has 0 atom stereocenters. The van der Waals surface area contributed by atoms with E-state index in [4.69, 9.17) is 5.73 Å².